The normalized spacial score (nSPS) is 27.6. The summed E-state index contributed by atoms with van der Waals surface area (Å²) in [5, 5.41) is 8.72. The minimum Gasteiger partial charge on any atom is -0.395 e. The highest BCUT2D eigenvalue weighted by molar-refractivity contribution is 4.95. The maximum Gasteiger partial charge on any atom is 0.397 e. The third-order valence-electron chi connectivity index (χ3n) is 3.03. The Balaban J connectivity index is 2.67. The van der Waals surface area contributed by atoms with E-state index in [1.54, 1.807) is 11.8 Å². The summed E-state index contributed by atoms with van der Waals surface area (Å²) >= 11 is 0. The van der Waals surface area contributed by atoms with Crippen LogP contribution in [0.5, 0.6) is 0 Å². The molecule has 0 unspecified atom stereocenters. The first-order valence-electron chi connectivity index (χ1n) is 5.43. The van der Waals surface area contributed by atoms with Gasteiger partial charge in [-0.1, -0.05) is 0 Å². The molecule has 0 saturated carbocycles. The van der Waals surface area contributed by atoms with Gasteiger partial charge in [0.1, 0.15) is 5.41 Å². The van der Waals surface area contributed by atoms with E-state index >= 15 is 0 Å². The first-order chi connectivity index (χ1) is 7.45. The monoisotopic (exact) mass is 241 g/mol. The van der Waals surface area contributed by atoms with Crippen molar-refractivity contribution in [2.75, 3.05) is 39.5 Å². The number of nitrogens with zero attached hydrogens (tertiary/aromatic N) is 1. The minimum atomic E-state index is -4.24. The Labute approximate surface area is 93.2 Å². The van der Waals surface area contributed by atoms with Gasteiger partial charge in [-0.15, -0.1) is 0 Å². The predicted molar refractivity (Wildman–Crippen MR) is 53.1 cm³/mol. The van der Waals surface area contributed by atoms with Gasteiger partial charge in [0.25, 0.3) is 0 Å². The molecule has 0 aromatic carbocycles. The third kappa shape index (κ3) is 2.87. The third-order valence-corrected chi connectivity index (χ3v) is 3.03. The standard InChI is InChI=1S/C10H18F3NO2/c1-2-16-8-9(10(11,12)13)3-4-14(7-9)5-6-15/h15H,2-8H2,1H3/t9-/m1/s1. The van der Waals surface area contributed by atoms with E-state index in [0.717, 1.165) is 0 Å². The number of hydrogen-bond donors (Lipinski definition) is 1. The molecule has 0 amide bonds. The highest BCUT2D eigenvalue weighted by Gasteiger charge is 2.57. The van der Waals surface area contributed by atoms with Gasteiger partial charge in [-0.05, 0) is 19.9 Å². The molecule has 0 aromatic heterocycles. The maximum absolute atomic E-state index is 13.0. The van der Waals surface area contributed by atoms with Gasteiger partial charge in [-0.2, -0.15) is 13.2 Å². The fourth-order valence-electron chi connectivity index (χ4n) is 2.02. The second-order valence-corrected chi connectivity index (χ2v) is 4.16. The first-order valence-corrected chi connectivity index (χ1v) is 5.43. The summed E-state index contributed by atoms with van der Waals surface area (Å²) in [6.07, 6.45) is -4.19. The Hall–Kier alpha value is -0.330. The van der Waals surface area contributed by atoms with Crippen molar-refractivity contribution in [2.45, 2.75) is 19.5 Å². The van der Waals surface area contributed by atoms with Crippen molar-refractivity contribution in [3.05, 3.63) is 0 Å². The van der Waals surface area contributed by atoms with Crippen LogP contribution in [0.1, 0.15) is 13.3 Å². The van der Waals surface area contributed by atoms with Crippen molar-refractivity contribution >= 4 is 0 Å². The number of ether oxygens (including phenoxy) is 1. The van der Waals surface area contributed by atoms with E-state index in [2.05, 4.69) is 0 Å². The molecule has 96 valence electrons. The molecule has 0 spiro atoms. The Bertz CT molecular complexity index is 223. The molecule has 0 radical (unpaired) electrons. The van der Waals surface area contributed by atoms with Crippen molar-refractivity contribution in [3.63, 3.8) is 0 Å². The number of aliphatic hydroxyl groups is 1. The molecule has 1 aliphatic heterocycles. The number of halogens is 3. The Morgan fingerprint density at radius 3 is 2.62 bits per heavy atom. The minimum absolute atomic E-state index is 0.0521. The van der Waals surface area contributed by atoms with E-state index in [1.165, 1.54) is 0 Å². The lowest BCUT2D eigenvalue weighted by molar-refractivity contribution is -0.235. The van der Waals surface area contributed by atoms with Crippen LogP contribution < -0.4 is 0 Å². The van der Waals surface area contributed by atoms with Crippen LogP contribution in [0.25, 0.3) is 0 Å². The van der Waals surface area contributed by atoms with Crippen LogP contribution in [-0.4, -0.2) is 55.6 Å². The molecule has 1 saturated heterocycles. The molecule has 0 bridgehead atoms. The Morgan fingerprint density at radius 2 is 2.12 bits per heavy atom. The van der Waals surface area contributed by atoms with Gasteiger partial charge in [-0.25, -0.2) is 0 Å². The number of β-amino-alcohol motifs (C(OH)–C–C–N with tert-alkyl or cyclic N) is 1. The average Bonchev–Trinajstić information content (AvgIpc) is 2.60. The number of alkyl halides is 3. The number of likely N-dealkylation sites (tertiary alicyclic amines) is 1. The Kier molecular flexibility index (Phi) is 4.58. The lowest BCUT2D eigenvalue weighted by Gasteiger charge is -2.31. The van der Waals surface area contributed by atoms with Crippen LogP contribution in [-0.2, 0) is 4.74 Å². The number of rotatable bonds is 5. The SMILES string of the molecule is CCOC[C@@]1(C(F)(F)F)CCN(CCO)C1. The highest BCUT2D eigenvalue weighted by Crippen LogP contribution is 2.45. The van der Waals surface area contributed by atoms with Crippen molar-refractivity contribution in [1.82, 2.24) is 4.90 Å². The van der Waals surface area contributed by atoms with Crippen LogP contribution in [0, 0.1) is 5.41 Å². The second-order valence-electron chi connectivity index (χ2n) is 4.16. The van der Waals surface area contributed by atoms with E-state index < -0.39 is 11.6 Å². The van der Waals surface area contributed by atoms with Gasteiger partial charge in [0.2, 0.25) is 0 Å². The van der Waals surface area contributed by atoms with E-state index in [0.29, 0.717) is 13.1 Å². The Morgan fingerprint density at radius 1 is 1.44 bits per heavy atom. The van der Waals surface area contributed by atoms with E-state index in [1.807, 2.05) is 0 Å². The molecule has 1 N–H and O–H groups in total. The fraction of sp³-hybridized carbons (Fsp3) is 1.00. The van der Waals surface area contributed by atoms with Crippen molar-refractivity contribution in [2.24, 2.45) is 5.41 Å². The predicted octanol–water partition coefficient (Wildman–Crippen LogP) is 1.27. The van der Waals surface area contributed by atoms with Gasteiger partial charge in [0.15, 0.2) is 0 Å². The molecule has 16 heavy (non-hydrogen) atoms. The van der Waals surface area contributed by atoms with E-state index in [-0.39, 0.29) is 32.8 Å². The molecule has 1 heterocycles. The van der Waals surface area contributed by atoms with Crippen LogP contribution >= 0.6 is 0 Å². The second kappa shape index (κ2) is 5.33. The van der Waals surface area contributed by atoms with Crippen molar-refractivity contribution < 1.29 is 23.0 Å². The van der Waals surface area contributed by atoms with Crippen LogP contribution in [0.2, 0.25) is 0 Å². The van der Waals surface area contributed by atoms with Gasteiger partial charge >= 0.3 is 6.18 Å². The van der Waals surface area contributed by atoms with Gasteiger partial charge in [-0.3, -0.25) is 0 Å². The summed E-state index contributed by atoms with van der Waals surface area (Å²) in [5.74, 6) is 0. The summed E-state index contributed by atoms with van der Waals surface area (Å²) < 4.78 is 43.9. The maximum atomic E-state index is 13.0. The molecular formula is C10H18F3NO2. The zero-order chi connectivity index (χ0) is 12.2. The van der Waals surface area contributed by atoms with Crippen LogP contribution in [0.3, 0.4) is 0 Å². The van der Waals surface area contributed by atoms with E-state index in [9.17, 15) is 13.2 Å². The van der Waals surface area contributed by atoms with Gasteiger partial charge in [0.05, 0.1) is 13.2 Å². The molecule has 3 nitrogen and oxygen atoms in total. The smallest absolute Gasteiger partial charge is 0.395 e. The molecule has 1 fully saturated rings. The zero-order valence-corrected chi connectivity index (χ0v) is 9.39. The average molecular weight is 241 g/mol. The fourth-order valence-corrected chi connectivity index (χ4v) is 2.02. The lowest BCUT2D eigenvalue weighted by Crippen LogP contribution is -2.44. The van der Waals surface area contributed by atoms with Crippen LogP contribution in [0.4, 0.5) is 13.2 Å². The van der Waals surface area contributed by atoms with Gasteiger partial charge < -0.3 is 14.7 Å². The topological polar surface area (TPSA) is 32.7 Å². The summed E-state index contributed by atoms with van der Waals surface area (Å²) in [6.45, 7) is 2.17. The van der Waals surface area contributed by atoms with E-state index in [4.69, 9.17) is 9.84 Å². The molecule has 6 heteroatoms. The molecule has 1 atom stereocenters. The summed E-state index contributed by atoms with van der Waals surface area (Å²) in [6, 6.07) is 0. The summed E-state index contributed by atoms with van der Waals surface area (Å²) in [4.78, 5) is 1.63. The molecular weight excluding hydrogens is 223 g/mol. The lowest BCUT2D eigenvalue weighted by atomic mass is 9.87. The molecule has 0 aliphatic carbocycles. The summed E-state index contributed by atoms with van der Waals surface area (Å²) in [5.41, 5.74) is -1.75. The van der Waals surface area contributed by atoms with Crippen molar-refractivity contribution in [3.8, 4) is 0 Å². The largest absolute Gasteiger partial charge is 0.397 e. The first kappa shape index (κ1) is 13.7. The zero-order valence-electron chi connectivity index (χ0n) is 9.39. The number of hydrogen-bond acceptors (Lipinski definition) is 3. The highest BCUT2D eigenvalue weighted by atomic mass is 19.4. The van der Waals surface area contributed by atoms with Crippen LogP contribution in [0.15, 0.2) is 0 Å². The van der Waals surface area contributed by atoms with Crippen molar-refractivity contribution in [1.29, 1.82) is 0 Å². The number of aliphatic hydroxyl groups excluding tert-OH is 1. The molecule has 0 aromatic rings. The molecule has 1 rings (SSSR count). The van der Waals surface area contributed by atoms with Gasteiger partial charge in [0, 0.05) is 19.7 Å². The molecule has 1 aliphatic rings. The quantitative estimate of drug-likeness (QED) is 0.786. The summed E-state index contributed by atoms with van der Waals surface area (Å²) in [7, 11) is 0.